The van der Waals surface area contributed by atoms with Gasteiger partial charge in [-0.1, -0.05) is 32.9 Å². The summed E-state index contributed by atoms with van der Waals surface area (Å²) in [5, 5.41) is 0. The third kappa shape index (κ3) is 2.14. The number of benzene rings is 1. The second kappa shape index (κ2) is 3.48. The van der Waals surface area contributed by atoms with Crippen molar-refractivity contribution in [1.82, 2.24) is 9.97 Å². The maximum absolute atomic E-state index is 12.6. The lowest BCUT2D eigenvalue weighted by atomic mass is 9.86. The van der Waals surface area contributed by atoms with Crippen LogP contribution in [0.25, 0.3) is 11.0 Å². The van der Waals surface area contributed by atoms with Gasteiger partial charge in [0, 0.05) is 0 Å². The Morgan fingerprint density at radius 1 is 1.12 bits per heavy atom. The SMILES string of the molecule is CC(C)(C)c1cccc2[nH]c(C(F)(F)F)nc12. The van der Waals surface area contributed by atoms with Crippen LogP contribution >= 0.6 is 0 Å². The highest BCUT2D eigenvalue weighted by Gasteiger charge is 2.35. The average molecular weight is 242 g/mol. The van der Waals surface area contributed by atoms with E-state index in [2.05, 4.69) is 9.97 Å². The Bertz CT molecular complexity index is 547. The second-order valence-electron chi connectivity index (χ2n) is 5.03. The minimum Gasteiger partial charge on any atom is -0.334 e. The van der Waals surface area contributed by atoms with Crippen molar-refractivity contribution in [2.45, 2.75) is 32.4 Å². The number of aromatic amines is 1. The van der Waals surface area contributed by atoms with E-state index in [1.807, 2.05) is 26.8 Å². The third-order valence-electron chi connectivity index (χ3n) is 2.59. The molecule has 0 aliphatic carbocycles. The molecule has 0 saturated heterocycles. The van der Waals surface area contributed by atoms with E-state index in [4.69, 9.17) is 0 Å². The van der Waals surface area contributed by atoms with E-state index in [0.29, 0.717) is 11.0 Å². The largest absolute Gasteiger partial charge is 0.449 e. The van der Waals surface area contributed by atoms with Crippen LogP contribution in [0.3, 0.4) is 0 Å². The summed E-state index contributed by atoms with van der Waals surface area (Å²) in [5.41, 5.74) is 1.39. The summed E-state index contributed by atoms with van der Waals surface area (Å²) < 4.78 is 37.7. The maximum atomic E-state index is 12.6. The van der Waals surface area contributed by atoms with E-state index in [1.54, 1.807) is 12.1 Å². The van der Waals surface area contributed by atoms with Crippen LogP contribution in [0.15, 0.2) is 18.2 Å². The van der Waals surface area contributed by atoms with Crippen LogP contribution < -0.4 is 0 Å². The molecule has 5 heteroatoms. The Morgan fingerprint density at radius 3 is 2.29 bits per heavy atom. The highest BCUT2D eigenvalue weighted by molar-refractivity contribution is 5.80. The monoisotopic (exact) mass is 242 g/mol. The van der Waals surface area contributed by atoms with Crippen molar-refractivity contribution < 1.29 is 13.2 Å². The average Bonchev–Trinajstić information content (AvgIpc) is 2.57. The number of H-pyrrole nitrogens is 1. The fourth-order valence-corrected chi connectivity index (χ4v) is 1.77. The van der Waals surface area contributed by atoms with Gasteiger partial charge in [0.05, 0.1) is 11.0 Å². The number of hydrogen-bond donors (Lipinski definition) is 1. The molecule has 0 unspecified atom stereocenters. The van der Waals surface area contributed by atoms with Gasteiger partial charge in [0.15, 0.2) is 0 Å². The first-order valence-electron chi connectivity index (χ1n) is 5.26. The van der Waals surface area contributed by atoms with Gasteiger partial charge in [-0.15, -0.1) is 0 Å². The molecule has 0 amide bonds. The molecule has 0 spiro atoms. The molecule has 92 valence electrons. The van der Waals surface area contributed by atoms with Crippen LogP contribution in [0.1, 0.15) is 32.2 Å². The van der Waals surface area contributed by atoms with Gasteiger partial charge in [-0.05, 0) is 17.0 Å². The van der Waals surface area contributed by atoms with E-state index >= 15 is 0 Å². The molecule has 0 atom stereocenters. The van der Waals surface area contributed by atoms with Crippen molar-refractivity contribution in [3.8, 4) is 0 Å². The van der Waals surface area contributed by atoms with E-state index < -0.39 is 12.0 Å². The van der Waals surface area contributed by atoms with Crippen molar-refractivity contribution in [1.29, 1.82) is 0 Å². The van der Waals surface area contributed by atoms with E-state index in [-0.39, 0.29) is 5.41 Å². The Balaban J connectivity index is 2.70. The van der Waals surface area contributed by atoms with Crippen LogP contribution in [0.4, 0.5) is 13.2 Å². The molecule has 0 bridgehead atoms. The zero-order valence-corrected chi connectivity index (χ0v) is 9.81. The lowest BCUT2D eigenvalue weighted by molar-refractivity contribution is -0.144. The van der Waals surface area contributed by atoms with Crippen LogP contribution in [0, 0.1) is 0 Å². The summed E-state index contributed by atoms with van der Waals surface area (Å²) in [5.74, 6) is -0.941. The first kappa shape index (κ1) is 12.0. The lowest BCUT2D eigenvalue weighted by Crippen LogP contribution is -2.12. The predicted octanol–water partition coefficient (Wildman–Crippen LogP) is 3.88. The Morgan fingerprint density at radius 2 is 1.76 bits per heavy atom. The van der Waals surface area contributed by atoms with Gasteiger partial charge < -0.3 is 4.98 Å². The highest BCUT2D eigenvalue weighted by Crippen LogP contribution is 2.33. The number of hydrogen-bond acceptors (Lipinski definition) is 1. The number of nitrogens with zero attached hydrogens (tertiary/aromatic N) is 1. The van der Waals surface area contributed by atoms with E-state index in [9.17, 15) is 13.2 Å². The topological polar surface area (TPSA) is 28.7 Å². The Labute approximate surface area is 96.9 Å². The van der Waals surface area contributed by atoms with Gasteiger partial charge in [-0.3, -0.25) is 0 Å². The van der Waals surface area contributed by atoms with Crippen molar-refractivity contribution in [2.75, 3.05) is 0 Å². The minimum absolute atomic E-state index is 0.239. The van der Waals surface area contributed by atoms with Gasteiger partial charge in [0.1, 0.15) is 0 Å². The van der Waals surface area contributed by atoms with Crippen LogP contribution in [-0.2, 0) is 11.6 Å². The molecule has 1 aromatic carbocycles. The molecule has 1 heterocycles. The van der Waals surface area contributed by atoms with E-state index in [0.717, 1.165) is 5.56 Å². The van der Waals surface area contributed by atoms with Crippen molar-refractivity contribution in [3.63, 3.8) is 0 Å². The summed E-state index contributed by atoms with van der Waals surface area (Å²) in [6, 6.07) is 5.15. The summed E-state index contributed by atoms with van der Waals surface area (Å²) >= 11 is 0. The molecule has 0 fully saturated rings. The standard InChI is InChI=1S/C12H13F3N2/c1-11(2,3)7-5-4-6-8-9(7)17-10(16-8)12(13,14)15/h4-6H,1-3H3,(H,16,17). The molecular formula is C12H13F3N2. The van der Waals surface area contributed by atoms with Gasteiger partial charge >= 0.3 is 6.18 Å². The van der Waals surface area contributed by atoms with Crippen LogP contribution in [0.2, 0.25) is 0 Å². The zero-order valence-electron chi connectivity index (χ0n) is 9.81. The molecular weight excluding hydrogens is 229 g/mol. The smallest absolute Gasteiger partial charge is 0.334 e. The predicted molar refractivity (Wildman–Crippen MR) is 59.8 cm³/mol. The molecule has 2 aromatic rings. The number of rotatable bonds is 0. The summed E-state index contributed by atoms with van der Waals surface area (Å²) in [6.45, 7) is 5.84. The van der Waals surface area contributed by atoms with Gasteiger partial charge in [0.25, 0.3) is 0 Å². The normalized spacial score (nSPS) is 13.3. The Hall–Kier alpha value is -1.52. The fourth-order valence-electron chi connectivity index (χ4n) is 1.77. The highest BCUT2D eigenvalue weighted by atomic mass is 19.4. The molecule has 1 N–H and O–H groups in total. The molecule has 0 aliphatic rings. The molecule has 0 saturated carbocycles. The van der Waals surface area contributed by atoms with Crippen molar-refractivity contribution >= 4 is 11.0 Å². The first-order chi connectivity index (χ1) is 7.69. The molecule has 1 aromatic heterocycles. The van der Waals surface area contributed by atoms with Crippen LogP contribution in [-0.4, -0.2) is 9.97 Å². The zero-order chi connectivity index (χ0) is 12.8. The Kier molecular flexibility index (Phi) is 2.45. The fraction of sp³-hybridized carbons (Fsp3) is 0.417. The lowest BCUT2D eigenvalue weighted by Gasteiger charge is -2.19. The molecule has 2 rings (SSSR count). The third-order valence-corrected chi connectivity index (χ3v) is 2.59. The summed E-state index contributed by atoms with van der Waals surface area (Å²) in [6.07, 6.45) is -4.44. The number of para-hydroxylation sites is 1. The number of alkyl halides is 3. The molecule has 17 heavy (non-hydrogen) atoms. The molecule has 0 radical (unpaired) electrons. The maximum Gasteiger partial charge on any atom is 0.449 e. The van der Waals surface area contributed by atoms with Crippen molar-refractivity contribution in [2.24, 2.45) is 0 Å². The van der Waals surface area contributed by atoms with Gasteiger partial charge in [0.2, 0.25) is 5.82 Å². The summed E-state index contributed by atoms with van der Waals surface area (Å²) in [4.78, 5) is 5.98. The van der Waals surface area contributed by atoms with Crippen LogP contribution in [0.5, 0.6) is 0 Å². The minimum atomic E-state index is -4.44. The molecule has 2 nitrogen and oxygen atoms in total. The van der Waals surface area contributed by atoms with Crippen molar-refractivity contribution in [3.05, 3.63) is 29.6 Å². The molecule has 0 aliphatic heterocycles. The number of fused-ring (bicyclic) bond motifs is 1. The van der Waals surface area contributed by atoms with E-state index in [1.165, 1.54) is 0 Å². The first-order valence-corrected chi connectivity index (χ1v) is 5.26. The second-order valence-corrected chi connectivity index (χ2v) is 5.03. The number of halogens is 3. The number of aromatic nitrogens is 2. The number of nitrogens with one attached hydrogen (secondary N) is 1. The van der Waals surface area contributed by atoms with Gasteiger partial charge in [-0.2, -0.15) is 13.2 Å². The van der Waals surface area contributed by atoms with Gasteiger partial charge in [-0.25, -0.2) is 4.98 Å². The summed E-state index contributed by atoms with van der Waals surface area (Å²) in [7, 11) is 0. The number of imidazole rings is 1. The quantitative estimate of drug-likeness (QED) is 0.746.